The van der Waals surface area contributed by atoms with Gasteiger partial charge in [0, 0.05) is 59.5 Å². The topological polar surface area (TPSA) is 48.5 Å². The van der Waals surface area contributed by atoms with Gasteiger partial charge in [0.15, 0.2) is 0 Å². The molecule has 1 amide bonds. The van der Waals surface area contributed by atoms with E-state index in [2.05, 4.69) is 71.2 Å². The predicted octanol–water partition coefficient (Wildman–Crippen LogP) is 3.68. The molecular formula is C32H46N4O3. The van der Waals surface area contributed by atoms with Crippen LogP contribution in [0, 0.1) is 5.92 Å². The van der Waals surface area contributed by atoms with Crippen molar-refractivity contribution in [2.24, 2.45) is 5.92 Å². The Labute approximate surface area is 234 Å². The second kappa shape index (κ2) is 12.3. The largest absolute Gasteiger partial charge is 0.496 e. The van der Waals surface area contributed by atoms with Gasteiger partial charge in [0.05, 0.1) is 23.8 Å². The molecule has 4 aliphatic rings. The van der Waals surface area contributed by atoms with E-state index < -0.39 is 0 Å². The Hall–Kier alpha value is -2.61. The van der Waals surface area contributed by atoms with Crippen molar-refractivity contribution >= 4 is 5.91 Å². The van der Waals surface area contributed by atoms with E-state index >= 15 is 0 Å². The zero-order chi connectivity index (χ0) is 27.4. The first-order valence-corrected chi connectivity index (χ1v) is 14.6. The van der Waals surface area contributed by atoms with Crippen molar-refractivity contribution in [3.8, 4) is 0 Å². The van der Waals surface area contributed by atoms with Gasteiger partial charge in [-0.25, -0.2) is 0 Å². The van der Waals surface area contributed by atoms with Crippen molar-refractivity contribution in [2.45, 2.75) is 51.8 Å². The number of fused-ring (bicyclic) bond motifs is 2. The molecule has 1 saturated heterocycles. The molecule has 0 spiro atoms. The lowest BCUT2D eigenvalue weighted by Crippen LogP contribution is -2.57. The molecule has 1 aromatic rings. The summed E-state index contributed by atoms with van der Waals surface area (Å²) in [5, 5.41) is 0. The van der Waals surface area contributed by atoms with Crippen LogP contribution < -0.4 is 0 Å². The Kier molecular flexibility index (Phi) is 8.79. The van der Waals surface area contributed by atoms with E-state index in [1.165, 1.54) is 11.1 Å². The van der Waals surface area contributed by atoms with E-state index in [0.29, 0.717) is 36.9 Å². The van der Waals surface area contributed by atoms with Gasteiger partial charge in [-0.1, -0.05) is 43.3 Å². The van der Waals surface area contributed by atoms with Crippen molar-refractivity contribution in [1.29, 1.82) is 0 Å². The molecule has 2 unspecified atom stereocenters. The van der Waals surface area contributed by atoms with Gasteiger partial charge in [0.1, 0.15) is 12.4 Å². The summed E-state index contributed by atoms with van der Waals surface area (Å²) >= 11 is 0. The Morgan fingerprint density at radius 3 is 2.72 bits per heavy atom. The molecule has 1 aromatic carbocycles. The molecule has 0 radical (unpaired) electrons. The van der Waals surface area contributed by atoms with Crippen LogP contribution in [0.2, 0.25) is 0 Å². The van der Waals surface area contributed by atoms with Crippen LogP contribution in [0.4, 0.5) is 0 Å². The average molecular weight is 535 g/mol. The van der Waals surface area contributed by atoms with E-state index in [1.807, 2.05) is 17.9 Å². The summed E-state index contributed by atoms with van der Waals surface area (Å²) in [6, 6.07) is 8.69. The van der Waals surface area contributed by atoms with Gasteiger partial charge in [-0.05, 0) is 56.0 Å². The van der Waals surface area contributed by atoms with Crippen LogP contribution in [0.25, 0.3) is 0 Å². The lowest BCUT2D eigenvalue weighted by Gasteiger charge is -2.46. The molecule has 4 heterocycles. The summed E-state index contributed by atoms with van der Waals surface area (Å²) in [6.45, 7) is 15.2. The van der Waals surface area contributed by atoms with Crippen LogP contribution in [0.3, 0.4) is 0 Å². The van der Waals surface area contributed by atoms with Crippen LogP contribution in [0.15, 0.2) is 60.0 Å². The van der Waals surface area contributed by atoms with Gasteiger partial charge in [-0.2, -0.15) is 0 Å². The Balaban J connectivity index is 1.17. The van der Waals surface area contributed by atoms with Crippen LogP contribution in [-0.2, 0) is 27.2 Å². The fourth-order valence-corrected chi connectivity index (χ4v) is 6.55. The van der Waals surface area contributed by atoms with Crippen molar-refractivity contribution < 1.29 is 14.3 Å². The third kappa shape index (κ3) is 6.59. The maximum Gasteiger partial charge on any atom is 0.257 e. The number of amides is 1. The van der Waals surface area contributed by atoms with E-state index in [4.69, 9.17) is 9.47 Å². The standard InChI is InChI=1S/C32H46N4O3/c1-25(20-34-16-17-36-14-7-13-32(36,3)24-34)10-11-30-26(2)39-19-18-35(31(30)37)23-29(38-4)22-33-15-12-27-8-5-6-9-28(27)21-33/h5-11,14,25,29H,12-13,15-24H2,1-4H3/b11-10-/t25?,29-,32?/m1/s1. The van der Waals surface area contributed by atoms with E-state index in [1.54, 1.807) is 7.11 Å². The van der Waals surface area contributed by atoms with Gasteiger partial charge in [0.25, 0.3) is 5.91 Å². The first-order chi connectivity index (χ1) is 18.8. The summed E-state index contributed by atoms with van der Waals surface area (Å²) in [5.41, 5.74) is 3.73. The number of benzene rings is 1. The highest BCUT2D eigenvalue weighted by atomic mass is 16.5. The fraction of sp³-hybridized carbons (Fsp3) is 0.594. The number of ether oxygens (including phenoxy) is 2. The van der Waals surface area contributed by atoms with E-state index in [9.17, 15) is 4.79 Å². The zero-order valence-electron chi connectivity index (χ0n) is 24.3. The molecule has 7 nitrogen and oxygen atoms in total. The third-order valence-corrected chi connectivity index (χ3v) is 8.90. The molecule has 0 saturated carbocycles. The molecule has 4 aliphatic heterocycles. The van der Waals surface area contributed by atoms with Crippen LogP contribution >= 0.6 is 0 Å². The van der Waals surface area contributed by atoms with Crippen LogP contribution in [-0.4, -0.2) is 103 Å². The van der Waals surface area contributed by atoms with Gasteiger partial charge < -0.3 is 19.3 Å². The van der Waals surface area contributed by atoms with Gasteiger partial charge in [-0.3, -0.25) is 14.6 Å². The third-order valence-electron chi connectivity index (χ3n) is 8.90. The van der Waals surface area contributed by atoms with Crippen molar-refractivity contribution in [1.82, 2.24) is 19.6 Å². The van der Waals surface area contributed by atoms with Crippen LogP contribution in [0.1, 0.15) is 38.3 Å². The summed E-state index contributed by atoms with van der Waals surface area (Å²) < 4.78 is 11.8. The molecule has 3 atom stereocenters. The number of rotatable bonds is 9. The maximum absolute atomic E-state index is 13.7. The lowest BCUT2D eigenvalue weighted by molar-refractivity contribution is -0.128. The van der Waals surface area contributed by atoms with Gasteiger partial charge in [0.2, 0.25) is 0 Å². The summed E-state index contributed by atoms with van der Waals surface area (Å²) in [4.78, 5) is 23.1. The Bertz CT molecular complexity index is 1110. The normalized spacial score (nSPS) is 26.0. The highest BCUT2D eigenvalue weighted by Crippen LogP contribution is 2.31. The zero-order valence-corrected chi connectivity index (χ0v) is 24.3. The number of hydrogen-bond donors (Lipinski definition) is 0. The minimum absolute atomic E-state index is 0.0395. The smallest absolute Gasteiger partial charge is 0.257 e. The molecule has 0 bridgehead atoms. The second-order valence-corrected chi connectivity index (χ2v) is 12.0. The molecule has 5 rings (SSSR count). The molecule has 0 N–H and O–H groups in total. The summed E-state index contributed by atoms with van der Waals surface area (Å²) in [5.74, 6) is 1.09. The second-order valence-electron chi connectivity index (χ2n) is 12.0. The number of methoxy groups -OCH3 is 1. The van der Waals surface area contributed by atoms with E-state index in [0.717, 1.165) is 58.7 Å². The fourth-order valence-electron chi connectivity index (χ4n) is 6.55. The number of piperazine rings is 1. The molecule has 1 fully saturated rings. The predicted molar refractivity (Wildman–Crippen MR) is 155 cm³/mol. The molecular weight excluding hydrogens is 488 g/mol. The molecule has 7 heteroatoms. The maximum atomic E-state index is 13.7. The SMILES string of the molecule is CO[C@H](CN1CCc2ccccc2C1)CN1CCOC(C)=C(/C=C\C(C)CN2CCN3C=CCC3(C)C2)C1=O. The first kappa shape index (κ1) is 27.9. The highest BCUT2D eigenvalue weighted by molar-refractivity contribution is 5.96. The minimum atomic E-state index is -0.0492. The molecule has 0 aliphatic carbocycles. The van der Waals surface area contributed by atoms with Gasteiger partial charge >= 0.3 is 0 Å². The number of allylic oxidation sites excluding steroid dienone is 1. The quantitative estimate of drug-likeness (QED) is 0.482. The Morgan fingerprint density at radius 1 is 1.08 bits per heavy atom. The number of carbonyl (C=O) groups excluding carboxylic acids is 1. The average Bonchev–Trinajstić information content (AvgIpc) is 3.26. The minimum Gasteiger partial charge on any atom is -0.496 e. The highest BCUT2D eigenvalue weighted by Gasteiger charge is 2.38. The summed E-state index contributed by atoms with van der Waals surface area (Å²) in [6.07, 6.45) is 10.9. The Morgan fingerprint density at radius 2 is 1.90 bits per heavy atom. The first-order valence-electron chi connectivity index (χ1n) is 14.6. The number of hydrogen-bond acceptors (Lipinski definition) is 6. The molecule has 0 aromatic heterocycles. The molecule has 39 heavy (non-hydrogen) atoms. The molecule has 212 valence electrons. The lowest BCUT2D eigenvalue weighted by atomic mass is 9.95. The number of nitrogens with zero attached hydrogens (tertiary/aromatic N) is 4. The van der Waals surface area contributed by atoms with E-state index in [-0.39, 0.29) is 17.6 Å². The summed E-state index contributed by atoms with van der Waals surface area (Å²) in [7, 11) is 1.76. The van der Waals surface area contributed by atoms with Crippen molar-refractivity contribution in [2.75, 3.05) is 66.1 Å². The monoisotopic (exact) mass is 534 g/mol. The van der Waals surface area contributed by atoms with Gasteiger partial charge in [-0.15, -0.1) is 0 Å². The van der Waals surface area contributed by atoms with Crippen LogP contribution in [0.5, 0.6) is 0 Å². The van der Waals surface area contributed by atoms with Crippen molar-refractivity contribution in [3.63, 3.8) is 0 Å². The number of carbonyl (C=O) groups is 1. The van der Waals surface area contributed by atoms with Crippen molar-refractivity contribution in [3.05, 3.63) is 71.2 Å².